The fraction of sp³-hybridized carbons (Fsp3) is 0.500. The molecule has 1 atom stereocenters. The zero-order valence-electron chi connectivity index (χ0n) is 10.9. The molecule has 1 aromatic rings. The van der Waals surface area contributed by atoms with Crippen molar-refractivity contribution in [1.29, 1.82) is 0 Å². The van der Waals surface area contributed by atoms with Gasteiger partial charge in [-0.2, -0.15) is 0 Å². The van der Waals surface area contributed by atoms with Gasteiger partial charge in [-0.3, -0.25) is 4.79 Å². The summed E-state index contributed by atoms with van der Waals surface area (Å²) in [6, 6.07) is 8.53. The highest BCUT2D eigenvalue weighted by Gasteiger charge is 2.26. The number of hydrogen-bond acceptors (Lipinski definition) is 2. The molecule has 0 radical (unpaired) electrons. The SMILES string of the molecule is CCC(NC(=O)C1CNC1)c1ccc(C)cc1.Cl. The first-order chi connectivity index (χ1) is 8.20. The predicted octanol–water partition coefficient (Wildman–Crippen LogP) is 2.20. The molecule has 0 aliphatic carbocycles. The Bertz CT molecular complexity index is 387. The predicted molar refractivity (Wildman–Crippen MR) is 76.0 cm³/mol. The molecular weight excluding hydrogens is 248 g/mol. The van der Waals surface area contributed by atoms with Gasteiger partial charge >= 0.3 is 0 Å². The van der Waals surface area contributed by atoms with E-state index in [1.807, 2.05) is 0 Å². The second-order valence-corrected chi connectivity index (χ2v) is 4.74. The summed E-state index contributed by atoms with van der Waals surface area (Å²) >= 11 is 0. The highest BCUT2D eigenvalue weighted by molar-refractivity contribution is 5.85. The average Bonchev–Trinajstić information content (AvgIpc) is 2.25. The molecule has 0 bridgehead atoms. The van der Waals surface area contributed by atoms with E-state index in [-0.39, 0.29) is 30.3 Å². The van der Waals surface area contributed by atoms with Crippen molar-refractivity contribution in [1.82, 2.24) is 10.6 Å². The summed E-state index contributed by atoms with van der Waals surface area (Å²) in [7, 11) is 0. The van der Waals surface area contributed by atoms with Crippen LogP contribution in [0.2, 0.25) is 0 Å². The number of aryl methyl sites for hydroxylation is 1. The van der Waals surface area contributed by atoms with Gasteiger partial charge in [0.1, 0.15) is 0 Å². The van der Waals surface area contributed by atoms with Crippen LogP contribution in [-0.2, 0) is 4.79 Å². The van der Waals surface area contributed by atoms with Crippen LogP contribution in [0.1, 0.15) is 30.5 Å². The van der Waals surface area contributed by atoms with Crippen LogP contribution in [-0.4, -0.2) is 19.0 Å². The molecule has 1 unspecified atom stereocenters. The Morgan fingerprint density at radius 1 is 1.39 bits per heavy atom. The van der Waals surface area contributed by atoms with Gasteiger partial charge in [0.25, 0.3) is 0 Å². The van der Waals surface area contributed by atoms with E-state index < -0.39 is 0 Å². The summed E-state index contributed by atoms with van der Waals surface area (Å²) in [5.74, 6) is 0.339. The zero-order valence-corrected chi connectivity index (χ0v) is 11.7. The second kappa shape index (κ2) is 6.76. The average molecular weight is 269 g/mol. The lowest BCUT2D eigenvalue weighted by molar-refractivity contribution is -0.127. The van der Waals surface area contributed by atoms with Crippen LogP contribution in [0.5, 0.6) is 0 Å². The highest BCUT2D eigenvalue weighted by Crippen LogP contribution is 2.18. The summed E-state index contributed by atoms with van der Waals surface area (Å²) in [4.78, 5) is 11.9. The lowest BCUT2D eigenvalue weighted by atomic mass is 9.99. The minimum atomic E-state index is 0. The normalized spacial score (nSPS) is 16.3. The first-order valence-corrected chi connectivity index (χ1v) is 6.28. The van der Waals surface area contributed by atoms with Gasteiger partial charge < -0.3 is 10.6 Å². The van der Waals surface area contributed by atoms with Crippen molar-refractivity contribution in [2.45, 2.75) is 26.3 Å². The molecule has 1 fully saturated rings. The number of carbonyl (C=O) groups excluding carboxylic acids is 1. The molecule has 2 N–H and O–H groups in total. The largest absolute Gasteiger partial charge is 0.349 e. The molecule has 0 aromatic heterocycles. The molecule has 1 saturated heterocycles. The van der Waals surface area contributed by atoms with Crippen molar-refractivity contribution in [2.75, 3.05) is 13.1 Å². The van der Waals surface area contributed by atoms with Gasteiger partial charge in [-0.25, -0.2) is 0 Å². The van der Waals surface area contributed by atoms with Crippen molar-refractivity contribution < 1.29 is 4.79 Å². The van der Waals surface area contributed by atoms with Crippen LogP contribution in [0.15, 0.2) is 24.3 Å². The summed E-state index contributed by atoms with van der Waals surface area (Å²) in [6.45, 7) is 5.81. The van der Waals surface area contributed by atoms with Gasteiger partial charge in [0.05, 0.1) is 12.0 Å². The van der Waals surface area contributed by atoms with Crippen LogP contribution in [0.25, 0.3) is 0 Å². The Kier molecular flexibility index (Phi) is 5.63. The third-order valence-electron chi connectivity index (χ3n) is 3.36. The summed E-state index contributed by atoms with van der Waals surface area (Å²) < 4.78 is 0. The minimum absolute atomic E-state index is 0. The Balaban J connectivity index is 0.00000162. The first-order valence-electron chi connectivity index (χ1n) is 6.28. The van der Waals surface area contributed by atoms with E-state index in [4.69, 9.17) is 0 Å². The maximum Gasteiger partial charge on any atom is 0.226 e. The van der Waals surface area contributed by atoms with Gasteiger partial charge in [0, 0.05) is 13.1 Å². The van der Waals surface area contributed by atoms with Gasteiger partial charge in [-0.1, -0.05) is 36.8 Å². The number of rotatable bonds is 4. The quantitative estimate of drug-likeness (QED) is 0.879. The topological polar surface area (TPSA) is 41.1 Å². The van der Waals surface area contributed by atoms with Crippen molar-refractivity contribution in [3.8, 4) is 0 Å². The van der Waals surface area contributed by atoms with Crippen molar-refractivity contribution in [3.05, 3.63) is 35.4 Å². The lowest BCUT2D eigenvalue weighted by Gasteiger charge is -2.28. The molecule has 1 aromatic carbocycles. The van der Waals surface area contributed by atoms with Crippen LogP contribution in [0.4, 0.5) is 0 Å². The molecule has 1 amide bonds. The number of nitrogens with one attached hydrogen (secondary N) is 2. The fourth-order valence-corrected chi connectivity index (χ4v) is 1.98. The van der Waals surface area contributed by atoms with E-state index in [2.05, 4.69) is 48.7 Å². The Hall–Kier alpha value is -1.06. The Labute approximate surface area is 115 Å². The van der Waals surface area contributed by atoms with Crippen LogP contribution in [0.3, 0.4) is 0 Å². The zero-order chi connectivity index (χ0) is 12.3. The van der Waals surface area contributed by atoms with E-state index in [1.54, 1.807) is 0 Å². The van der Waals surface area contributed by atoms with Gasteiger partial charge in [0.2, 0.25) is 5.91 Å². The second-order valence-electron chi connectivity index (χ2n) is 4.74. The summed E-state index contributed by atoms with van der Waals surface area (Å²) in [5.41, 5.74) is 2.44. The van der Waals surface area contributed by atoms with Crippen molar-refractivity contribution >= 4 is 18.3 Å². The maximum atomic E-state index is 11.9. The Morgan fingerprint density at radius 2 is 2.00 bits per heavy atom. The lowest BCUT2D eigenvalue weighted by Crippen LogP contribution is -2.51. The van der Waals surface area contributed by atoms with E-state index in [9.17, 15) is 4.79 Å². The molecule has 1 heterocycles. The van der Waals surface area contributed by atoms with E-state index in [0.29, 0.717) is 0 Å². The smallest absolute Gasteiger partial charge is 0.226 e. The van der Waals surface area contributed by atoms with Crippen LogP contribution >= 0.6 is 12.4 Å². The number of carbonyl (C=O) groups is 1. The minimum Gasteiger partial charge on any atom is -0.349 e. The van der Waals surface area contributed by atoms with Crippen molar-refractivity contribution in [3.63, 3.8) is 0 Å². The summed E-state index contributed by atoms with van der Waals surface area (Å²) in [5, 5.41) is 6.25. The van der Waals surface area contributed by atoms with Crippen LogP contribution in [0, 0.1) is 12.8 Å². The highest BCUT2D eigenvalue weighted by atomic mass is 35.5. The Morgan fingerprint density at radius 3 is 2.44 bits per heavy atom. The third-order valence-corrected chi connectivity index (χ3v) is 3.36. The van der Waals surface area contributed by atoms with Crippen molar-refractivity contribution in [2.24, 2.45) is 5.92 Å². The number of benzene rings is 1. The fourth-order valence-electron chi connectivity index (χ4n) is 1.98. The first kappa shape index (κ1) is 15.0. The van der Waals surface area contributed by atoms with E-state index in [1.165, 1.54) is 11.1 Å². The van der Waals surface area contributed by atoms with E-state index >= 15 is 0 Å². The van der Waals surface area contributed by atoms with Crippen LogP contribution < -0.4 is 10.6 Å². The van der Waals surface area contributed by atoms with Gasteiger partial charge in [0.15, 0.2) is 0 Å². The number of halogens is 1. The monoisotopic (exact) mass is 268 g/mol. The molecular formula is C14H21ClN2O. The third kappa shape index (κ3) is 3.47. The summed E-state index contributed by atoms with van der Waals surface area (Å²) in [6.07, 6.45) is 0.926. The number of amides is 1. The molecule has 100 valence electrons. The molecule has 0 saturated carbocycles. The number of hydrogen-bond donors (Lipinski definition) is 2. The standard InChI is InChI=1S/C14H20N2O.ClH/c1-3-13(11-6-4-10(2)5-7-11)16-14(17)12-8-15-9-12;/h4-7,12-13,15H,3,8-9H2,1-2H3,(H,16,17);1H. The molecule has 2 rings (SSSR count). The molecule has 3 nitrogen and oxygen atoms in total. The molecule has 0 spiro atoms. The molecule has 18 heavy (non-hydrogen) atoms. The molecule has 1 aliphatic rings. The molecule has 1 aliphatic heterocycles. The molecule has 4 heteroatoms. The van der Waals surface area contributed by atoms with Gasteiger partial charge in [-0.15, -0.1) is 12.4 Å². The maximum absolute atomic E-state index is 11.9. The van der Waals surface area contributed by atoms with E-state index in [0.717, 1.165) is 19.5 Å². The van der Waals surface area contributed by atoms with Gasteiger partial charge in [-0.05, 0) is 18.9 Å².